The number of hydrogen-bond acceptors (Lipinski definition) is 6. The average Bonchev–Trinajstić information content (AvgIpc) is 3.22. The van der Waals surface area contributed by atoms with Crippen molar-refractivity contribution in [3.8, 4) is 5.69 Å². The highest BCUT2D eigenvalue weighted by molar-refractivity contribution is 7.91. The van der Waals surface area contributed by atoms with Crippen molar-refractivity contribution in [3.63, 3.8) is 0 Å². The number of halogens is 1. The summed E-state index contributed by atoms with van der Waals surface area (Å²) in [6.45, 7) is 4.84. The standard InChI is InChI=1S/C23H26FN5O3S/c1-3-33(31,32)21-10-8-19(9-11-21)28-14-12-18(13-15-28)26-23(30)22-25-16(2)29(27-22)20-6-4-17(24)5-7-20/h4-11,18H,3,12-15H2,1-2H3,(H,26,30). The summed E-state index contributed by atoms with van der Waals surface area (Å²) in [6.07, 6.45) is 1.50. The maximum atomic E-state index is 13.2. The number of nitrogens with zero attached hydrogens (tertiary/aromatic N) is 4. The Hall–Kier alpha value is -3.27. The van der Waals surface area contributed by atoms with Crippen molar-refractivity contribution in [1.82, 2.24) is 20.1 Å². The minimum atomic E-state index is -3.21. The van der Waals surface area contributed by atoms with E-state index in [4.69, 9.17) is 0 Å². The summed E-state index contributed by atoms with van der Waals surface area (Å²) in [5.41, 5.74) is 1.59. The lowest BCUT2D eigenvalue weighted by molar-refractivity contribution is 0.0920. The smallest absolute Gasteiger partial charge is 0.291 e. The molecule has 10 heteroatoms. The third-order valence-electron chi connectivity index (χ3n) is 5.81. The lowest BCUT2D eigenvalue weighted by Gasteiger charge is -2.33. The highest BCUT2D eigenvalue weighted by Gasteiger charge is 2.24. The molecule has 4 rings (SSSR count). The molecule has 1 fully saturated rings. The predicted molar refractivity (Wildman–Crippen MR) is 123 cm³/mol. The van der Waals surface area contributed by atoms with Gasteiger partial charge >= 0.3 is 0 Å². The summed E-state index contributed by atoms with van der Waals surface area (Å²) in [5, 5.41) is 7.29. The largest absolute Gasteiger partial charge is 0.371 e. The molecule has 8 nitrogen and oxygen atoms in total. The first-order valence-electron chi connectivity index (χ1n) is 10.8. The quantitative estimate of drug-likeness (QED) is 0.594. The number of carbonyl (C=O) groups excluding carboxylic acids is 1. The lowest BCUT2D eigenvalue weighted by atomic mass is 10.0. The van der Waals surface area contributed by atoms with E-state index in [9.17, 15) is 17.6 Å². The van der Waals surface area contributed by atoms with E-state index in [1.54, 1.807) is 38.1 Å². The number of rotatable bonds is 6. The molecule has 2 aromatic carbocycles. The molecule has 0 unspecified atom stereocenters. The number of aromatic nitrogens is 3. The number of carbonyl (C=O) groups is 1. The van der Waals surface area contributed by atoms with Crippen molar-refractivity contribution in [1.29, 1.82) is 0 Å². The number of piperidine rings is 1. The molecule has 0 aliphatic carbocycles. The third-order valence-corrected chi connectivity index (χ3v) is 7.56. The first-order valence-corrected chi connectivity index (χ1v) is 12.5. The number of sulfone groups is 1. The summed E-state index contributed by atoms with van der Waals surface area (Å²) in [7, 11) is -3.21. The van der Waals surface area contributed by atoms with Crippen LogP contribution in [0.5, 0.6) is 0 Å². The number of hydrogen-bond donors (Lipinski definition) is 1. The second-order valence-electron chi connectivity index (χ2n) is 8.00. The zero-order valence-corrected chi connectivity index (χ0v) is 19.3. The summed E-state index contributed by atoms with van der Waals surface area (Å²) in [5.74, 6) is 0.00455. The van der Waals surface area contributed by atoms with Gasteiger partial charge in [-0.1, -0.05) is 6.92 Å². The summed E-state index contributed by atoms with van der Waals surface area (Å²) < 4.78 is 38.7. The second kappa shape index (κ2) is 9.30. The van der Waals surface area contributed by atoms with Crippen molar-refractivity contribution < 1.29 is 17.6 Å². The molecule has 1 aliphatic rings. The Morgan fingerprint density at radius 1 is 1.06 bits per heavy atom. The van der Waals surface area contributed by atoms with Gasteiger partial charge in [-0.15, -0.1) is 5.10 Å². The van der Waals surface area contributed by atoms with Crippen molar-refractivity contribution in [2.45, 2.75) is 37.6 Å². The van der Waals surface area contributed by atoms with E-state index < -0.39 is 9.84 Å². The fraction of sp³-hybridized carbons (Fsp3) is 0.348. The van der Waals surface area contributed by atoms with Gasteiger partial charge in [-0.05, 0) is 68.3 Å². The molecule has 1 saturated heterocycles. The zero-order chi connectivity index (χ0) is 23.6. The van der Waals surface area contributed by atoms with Gasteiger partial charge in [0.1, 0.15) is 11.6 Å². The van der Waals surface area contributed by atoms with Crippen molar-refractivity contribution in [3.05, 3.63) is 66.0 Å². The Bertz CT molecular complexity index is 1230. The Balaban J connectivity index is 1.35. The summed E-state index contributed by atoms with van der Waals surface area (Å²) >= 11 is 0. The van der Waals surface area contributed by atoms with Crippen LogP contribution in [0.15, 0.2) is 53.4 Å². The number of aryl methyl sites for hydroxylation is 1. The molecular weight excluding hydrogens is 445 g/mol. The predicted octanol–water partition coefficient (Wildman–Crippen LogP) is 2.91. The van der Waals surface area contributed by atoms with E-state index in [1.165, 1.54) is 16.8 Å². The second-order valence-corrected chi connectivity index (χ2v) is 10.3. The van der Waals surface area contributed by atoms with Gasteiger partial charge in [-0.2, -0.15) is 0 Å². The van der Waals surface area contributed by atoms with E-state index in [1.807, 2.05) is 12.1 Å². The van der Waals surface area contributed by atoms with Crippen LogP contribution in [0.1, 0.15) is 36.2 Å². The molecule has 3 aromatic rings. The molecule has 0 radical (unpaired) electrons. The van der Waals surface area contributed by atoms with Gasteiger partial charge in [0.05, 0.1) is 16.3 Å². The van der Waals surface area contributed by atoms with Gasteiger partial charge in [0.15, 0.2) is 9.84 Å². The maximum Gasteiger partial charge on any atom is 0.291 e. The number of nitrogens with one attached hydrogen (secondary N) is 1. The van der Waals surface area contributed by atoms with Gasteiger partial charge in [0.25, 0.3) is 5.91 Å². The van der Waals surface area contributed by atoms with Crippen LogP contribution in [-0.2, 0) is 9.84 Å². The van der Waals surface area contributed by atoms with E-state index in [0.717, 1.165) is 31.6 Å². The fourth-order valence-corrected chi connectivity index (χ4v) is 4.76. The van der Waals surface area contributed by atoms with E-state index in [-0.39, 0.29) is 29.3 Å². The van der Waals surface area contributed by atoms with Crippen LogP contribution in [0.25, 0.3) is 5.69 Å². The first-order chi connectivity index (χ1) is 15.8. The highest BCUT2D eigenvalue weighted by atomic mass is 32.2. The Labute approximate surface area is 192 Å². The van der Waals surface area contributed by atoms with Crippen LogP contribution < -0.4 is 10.2 Å². The maximum absolute atomic E-state index is 13.2. The fourth-order valence-electron chi connectivity index (χ4n) is 3.88. The van der Waals surface area contributed by atoms with Gasteiger partial charge < -0.3 is 10.2 Å². The third kappa shape index (κ3) is 5.05. The van der Waals surface area contributed by atoms with Crippen molar-refractivity contribution in [2.75, 3.05) is 23.7 Å². The lowest BCUT2D eigenvalue weighted by Crippen LogP contribution is -2.45. The van der Waals surface area contributed by atoms with Crippen LogP contribution in [0.4, 0.5) is 10.1 Å². The molecule has 33 heavy (non-hydrogen) atoms. The molecule has 0 spiro atoms. The monoisotopic (exact) mass is 471 g/mol. The summed E-state index contributed by atoms with van der Waals surface area (Å²) in [6, 6.07) is 12.8. The van der Waals surface area contributed by atoms with E-state index >= 15 is 0 Å². The zero-order valence-electron chi connectivity index (χ0n) is 18.5. The number of amides is 1. The highest BCUT2D eigenvalue weighted by Crippen LogP contribution is 2.23. The first kappa shape index (κ1) is 22.9. The molecule has 0 atom stereocenters. The van der Waals surface area contributed by atoms with Crippen molar-refractivity contribution in [2.24, 2.45) is 0 Å². The molecular formula is C23H26FN5O3S. The van der Waals surface area contributed by atoms with Gasteiger partial charge in [0, 0.05) is 24.8 Å². The molecule has 0 bridgehead atoms. The van der Waals surface area contributed by atoms with E-state index in [2.05, 4.69) is 20.3 Å². The SMILES string of the molecule is CCS(=O)(=O)c1ccc(N2CCC(NC(=O)c3nc(C)n(-c4ccc(F)cc4)n3)CC2)cc1. The molecule has 1 N–H and O–H groups in total. The van der Waals surface area contributed by atoms with Gasteiger partial charge in [-0.25, -0.2) is 22.5 Å². The molecule has 1 amide bonds. The molecule has 0 saturated carbocycles. The number of benzene rings is 2. The van der Waals surface area contributed by atoms with Crippen molar-refractivity contribution >= 4 is 21.4 Å². The minimum absolute atomic E-state index is 0.00781. The van der Waals surface area contributed by atoms with Crippen LogP contribution in [0.2, 0.25) is 0 Å². The topological polar surface area (TPSA) is 97.2 Å². The van der Waals surface area contributed by atoms with Crippen LogP contribution in [0.3, 0.4) is 0 Å². The molecule has 174 valence electrons. The number of anilines is 1. The van der Waals surface area contributed by atoms with Crippen LogP contribution in [-0.4, -0.2) is 54.0 Å². The molecule has 1 aliphatic heterocycles. The molecule has 1 aromatic heterocycles. The minimum Gasteiger partial charge on any atom is -0.371 e. The Morgan fingerprint density at radius 3 is 2.27 bits per heavy atom. The van der Waals surface area contributed by atoms with Crippen LogP contribution >= 0.6 is 0 Å². The van der Waals surface area contributed by atoms with E-state index in [0.29, 0.717) is 16.4 Å². The normalized spacial score (nSPS) is 14.9. The summed E-state index contributed by atoms with van der Waals surface area (Å²) in [4.78, 5) is 19.5. The van der Waals surface area contributed by atoms with Gasteiger partial charge in [-0.3, -0.25) is 4.79 Å². The Morgan fingerprint density at radius 2 is 1.67 bits per heavy atom. The Kier molecular flexibility index (Phi) is 6.46. The van der Waals surface area contributed by atoms with Crippen LogP contribution in [0, 0.1) is 12.7 Å². The average molecular weight is 472 g/mol. The molecule has 2 heterocycles. The van der Waals surface area contributed by atoms with Gasteiger partial charge in [0.2, 0.25) is 5.82 Å².